The van der Waals surface area contributed by atoms with E-state index in [1.807, 2.05) is 0 Å². The summed E-state index contributed by atoms with van der Waals surface area (Å²) in [6.07, 6.45) is 1.22. The standard InChI is InChI=1S/C10H10FN5O/c1-5-2-6(11)7(12)3-8(5)15-10(17)9-13-4-14-16-9/h2-4H,12H2,1H3,(H,15,17)(H,13,14,16). The van der Waals surface area contributed by atoms with Crippen molar-refractivity contribution < 1.29 is 9.18 Å². The molecule has 7 heteroatoms. The van der Waals surface area contributed by atoms with Crippen LogP contribution in [0.15, 0.2) is 18.5 Å². The number of carbonyl (C=O) groups excluding carboxylic acids is 1. The van der Waals surface area contributed by atoms with Crippen LogP contribution in [0, 0.1) is 12.7 Å². The molecule has 0 fully saturated rings. The normalized spacial score (nSPS) is 10.2. The monoisotopic (exact) mass is 235 g/mol. The number of amides is 1. The first-order valence-electron chi connectivity index (χ1n) is 4.80. The van der Waals surface area contributed by atoms with Gasteiger partial charge in [-0.1, -0.05) is 0 Å². The van der Waals surface area contributed by atoms with Gasteiger partial charge in [-0.15, -0.1) is 0 Å². The van der Waals surface area contributed by atoms with Crippen molar-refractivity contribution >= 4 is 17.3 Å². The van der Waals surface area contributed by atoms with E-state index >= 15 is 0 Å². The van der Waals surface area contributed by atoms with Crippen LogP contribution in [0.4, 0.5) is 15.8 Å². The average molecular weight is 235 g/mol. The second-order valence-corrected chi connectivity index (χ2v) is 3.48. The first-order chi connectivity index (χ1) is 8.08. The van der Waals surface area contributed by atoms with E-state index < -0.39 is 11.7 Å². The van der Waals surface area contributed by atoms with Crippen LogP contribution in [0.25, 0.3) is 0 Å². The summed E-state index contributed by atoms with van der Waals surface area (Å²) in [5.74, 6) is -0.899. The van der Waals surface area contributed by atoms with Crippen molar-refractivity contribution in [3.05, 3.63) is 35.7 Å². The maximum atomic E-state index is 13.1. The number of nitrogen functional groups attached to an aromatic ring is 1. The van der Waals surface area contributed by atoms with Gasteiger partial charge in [0.25, 0.3) is 5.91 Å². The van der Waals surface area contributed by atoms with Crippen LogP contribution in [0.3, 0.4) is 0 Å². The fourth-order valence-electron chi connectivity index (χ4n) is 1.32. The molecule has 1 heterocycles. The third-order valence-corrected chi connectivity index (χ3v) is 2.22. The number of aromatic amines is 1. The zero-order chi connectivity index (χ0) is 12.4. The van der Waals surface area contributed by atoms with E-state index in [1.165, 1.54) is 18.5 Å². The molecule has 2 rings (SSSR count). The molecule has 4 N–H and O–H groups in total. The molecule has 0 aliphatic heterocycles. The summed E-state index contributed by atoms with van der Waals surface area (Å²) in [6, 6.07) is 2.62. The Morgan fingerprint density at radius 1 is 1.53 bits per heavy atom. The summed E-state index contributed by atoms with van der Waals surface area (Å²) >= 11 is 0. The van der Waals surface area contributed by atoms with Crippen molar-refractivity contribution in [1.29, 1.82) is 0 Å². The first-order valence-corrected chi connectivity index (χ1v) is 4.80. The van der Waals surface area contributed by atoms with Crippen molar-refractivity contribution in [3.8, 4) is 0 Å². The molecule has 2 aromatic rings. The summed E-state index contributed by atoms with van der Waals surface area (Å²) in [7, 11) is 0. The lowest BCUT2D eigenvalue weighted by molar-refractivity contribution is 0.101. The summed E-state index contributed by atoms with van der Waals surface area (Å²) in [5.41, 5.74) is 6.41. The zero-order valence-electron chi connectivity index (χ0n) is 8.99. The Morgan fingerprint density at radius 2 is 2.29 bits per heavy atom. The average Bonchev–Trinajstić information content (AvgIpc) is 2.79. The van der Waals surface area contributed by atoms with E-state index in [1.54, 1.807) is 6.92 Å². The fourth-order valence-corrected chi connectivity index (χ4v) is 1.32. The minimum atomic E-state index is -0.514. The van der Waals surface area contributed by atoms with Crippen LogP contribution in [0.2, 0.25) is 0 Å². The molecule has 0 saturated carbocycles. The third-order valence-electron chi connectivity index (χ3n) is 2.22. The van der Waals surface area contributed by atoms with E-state index in [2.05, 4.69) is 20.5 Å². The fraction of sp³-hybridized carbons (Fsp3) is 0.100. The van der Waals surface area contributed by atoms with Gasteiger partial charge in [0.15, 0.2) is 0 Å². The van der Waals surface area contributed by atoms with Crippen LogP contribution in [0.5, 0.6) is 0 Å². The van der Waals surface area contributed by atoms with Gasteiger partial charge in [0.1, 0.15) is 12.1 Å². The number of aromatic nitrogens is 3. The topological polar surface area (TPSA) is 96.7 Å². The number of aryl methyl sites for hydroxylation is 1. The van der Waals surface area contributed by atoms with Gasteiger partial charge in [-0.05, 0) is 24.6 Å². The highest BCUT2D eigenvalue weighted by molar-refractivity contribution is 6.02. The van der Waals surface area contributed by atoms with Crippen molar-refractivity contribution in [2.45, 2.75) is 6.92 Å². The van der Waals surface area contributed by atoms with Gasteiger partial charge < -0.3 is 11.1 Å². The van der Waals surface area contributed by atoms with Gasteiger partial charge in [-0.2, -0.15) is 5.10 Å². The quantitative estimate of drug-likeness (QED) is 0.678. The molecular formula is C10H10FN5O. The predicted molar refractivity (Wildman–Crippen MR) is 59.9 cm³/mol. The maximum absolute atomic E-state index is 13.1. The molecule has 6 nitrogen and oxygen atoms in total. The largest absolute Gasteiger partial charge is 0.396 e. The van der Waals surface area contributed by atoms with Crippen LogP contribution in [0.1, 0.15) is 16.2 Å². The minimum Gasteiger partial charge on any atom is -0.396 e. The van der Waals surface area contributed by atoms with E-state index in [9.17, 15) is 9.18 Å². The van der Waals surface area contributed by atoms with Crippen molar-refractivity contribution in [2.75, 3.05) is 11.1 Å². The number of benzene rings is 1. The lowest BCUT2D eigenvalue weighted by atomic mass is 10.1. The molecule has 0 atom stereocenters. The summed E-state index contributed by atoms with van der Waals surface area (Å²) in [5, 5.41) is 8.54. The Hall–Kier alpha value is -2.44. The number of nitrogens with one attached hydrogen (secondary N) is 2. The van der Waals surface area contributed by atoms with Crippen LogP contribution < -0.4 is 11.1 Å². The number of rotatable bonds is 2. The summed E-state index contributed by atoms with van der Waals surface area (Å²) in [4.78, 5) is 15.3. The Bertz CT molecular complexity index is 552. The van der Waals surface area contributed by atoms with E-state index in [0.717, 1.165) is 0 Å². The molecule has 0 radical (unpaired) electrons. The molecule has 0 spiro atoms. The van der Waals surface area contributed by atoms with Gasteiger partial charge in [-0.3, -0.25) is 9.89 Å². The van der Waals surface area contributed by atoms with Crippen LogP contribution >= 0.6 is 0 Å². The third kappa shape index (κ3) is 2.22. The molecule has 0 aliphatic carbocycles. The number of hydrogen-bond acceptors (Lipinski definition) is 4. The number of nitrogens with zero attached hydrogens (tertiary/aromatic N) is 2. The van der Waals surface area contributed by atoms with Gasteiger partial charge in [0, 0.05) is 5.69 Å². The molecule has 17 heavy (non-hydrogen) atoms. The van der Waals surface area contributed by atoms with Gasteiger partial charge in [0.2, 0.25) is 5.82 Å². The molecule has 0 bridgehead atoms. The lowest BCUT2D eigenvalue weighted by Crippen LogP contribution is -2.15. The lowest BCUT2D eigenvalue weighted by Gasteiger charge is -2.08. The Morgan fingerprint density at radius 3 is 2.94 bits per heavy atom. The van der Waals surface area contributed by atoms with Crippen LogP contribution in [-0.4, -0.2) is 21.1 Å². The minimum absolute atomic E-state index is 0.0246. The van der Waals surface area contributed by atoms with Crippen LogP contribution in [-0.2, 0) is 0 Å². The predicted octanol–water partition coefficient (Wildman–Crippen LogP) is 1.09. The Labute approximate surface area is 96.1 Å². The van der Waals surface area contributed by atoms with Crippen molar-refractivity contribution in [3.63, 3.8) is 0 Å². The smallest absolute Gasteiger partial charge is 0.292 e. The molecular weight excluding hydrogens is 225 g/mol. The van der Waals surface area contributed by atoms with Gasteiger partial charge in [0.05, 0.1) is 5.69 Å². The maximum Gasteiger partial charge on any atom is 0.292 e. The molecule has 0 aliphatic rings. The van der Waals surface area contributed by atoms with Gasteiger partial charge >= 0.3 is 0 Å². The SMILES string of the molecule is Cc1cc(F)c(N)cc1NC(=O)c1ncn[nH]1. The first kappa shape index (κ1) is 11.1. The number of hydrogen-bond donors (Lipinski definition) is 3. The number of nitrogens with two attached hydrogens (primary N) is 1. The zero-order valence-corrected chi connectivity index (χ0v) is 8.99. The molecule has 1 aromatic heterocycles. The molecule has 1 aromatic carbocycles. The van der Waals surface area contributed by atoms with Crippen molar-refractivity contribution in [2.24, 2.45) is 0 Å². The number of carbonyl (C=O) groups is 1. The molecule has 1 amide bonds. The Kier molecular flexibility index (Phi) is 2.73. The van der Waals surface area contributed by atoms with E-state index in [4.69, 9.17) is 5.73 Å². The molecule has 88 valence electrons. The second-order valence-electron chi connectivity index (χ2n) is 3.48. The number of H-pyrrole nitrogens is 1. The second kappa shape index (κ2) is 4.20. The summed E-state index contributed by atoms with van der Waals surface area (Å²) in [6.45, 7) is 1.67. The van der Waals surface area contributed by atoms with Gasteiger partial charge in [-0.25, -0.2) is 9.37 Å². The highest BCUT2D eigenvalue weighted by atomic mass is 19.1. The van der Waals surface area contributed by atoms with E-state index in [-0.39, 0.29) is 11.5 Å². The number of halogens is 1. The summed E-state index contributed by atoms with van der Waals surface area (Å²) < 4.78 is 13.1. The van der Waals surface area contributed by atoms with Crippen molar-refractivity contribution in [1.82, 2.24) is 15.2 Å². The molecule has 0 unspecified atom stereocenters. The Balaban J connectivity index is 2.25. The highest BCUT2D eigenvalue weighted by Gasteiger charge is 2.11. The molecule has 0 saturated heterocycles. The van der Waals surface area contributed by atoms with E-state index in [0.29, 0.717) is 11.3 Å². The number of anilines is 2. The highest BCUT2D eigenvalue weighted by Crippen LogP contribution is 2.21.